The van der Waals surface area contributed by atoms with E-state index in [1.54, 1.807) is 0 Å². The summed E-state index contributed by atoms with van der Waals surface area (Å²) in [5.74, 6) is 0. The van der Waals surface area contributed by atoms with Gasteiger partial charge in [0, 0.05) is 26.8 Å². The number of rotatable bonds is 10. The van der Waals surface area contributed by atoms with E-state index in [1.165, 1.54) is 21.2 Å². The third kappa shape index (κ3) is 9.44. The van der Waals surface area contributed by atoms with E-state index in [9.17, 15) is 9.59 Å². The average Bonchev–Trinajstić information content (AvgIpc) is 2.82. The zero-order valence-corrected chi connectivity index (χ0v) is 23.0. The predicted molar refractivity (Wildman–Crippen MR) is 146 cm³/mol. The number of carbonyl (C=O) groups is 2. The molecule has 2 aromatic carbocycles. The molecule has 10 heteroatoms. The predicted octanol–water partition coefficient (Wildman–Crippen LogP) is 5.88. The van der Waals surface area contributed by atoms with Gasteiger partial charge >= 0.3 is 12.2 Å². The minimum atomic E-state index is -0.837. The van der Waals surface area contributed by atoms with Gasteiger partial charge in [0.05, 0.1) is 11.4 Å². The van der Waals surface area contributed by atoms with E-state index >= 15 is 0 Å². The third-order valence-electron chi connectivity index (χ3n) is 5.55. The van der Waals surface area contributed by atoms with Crippen molar-refractivity contribution in [3.63, 3.8) is 0 Å². The van der Waals surface area contributed by atoms with Crippen molar-refractivity contribution in [1.29, 1.82) is 0 Å². The van der Waals surface area contributed by atoms with Crippen LogP contribution in [-0.4, -0.2) is 57.5 Å². The van der Waals surface area contributed by atoms with Crippen molar-refractivity contribution in [3.05, 3.63) is 47.5 Å². The maximum Gasteiger partial charge on any atom is 0.404 e. The Morgan fingerprint density at radius 2 is 1.64 bits per heavy atom. The first-order chi connectivity index (χ1) is 17.0. The molecule has 36 heavy (non-hydrogen) atoms. The van der Waals surface area contributed by atoms with Crippen LogP contribution in [0.5, 0.6) is 0 Å². The van der Waals surface area contributed by atoms with E-state index in [2.05, 4.69) is 60.3 Å². The van der Waals surface area contributed by atoms with Gasteiger partial charge in [-0.05, 0) is 63.8 Å². The Bertz CT molecular complexity index is 1000. The lowest BCUT2D eigenvalue weighted by molar-refractivity contribution is 0.0367. The normalized spacial score (nSPS) is 12.2. The topological polar surface area (TPSA) is 111 Å². The van der Waals surface area contributed by atoms with E-state index in [1.807, 2.05) is 31.7 Å². The number of primary amides is 2. The molecule has 0 atom stereocenters. The number of nitrogens with two attached hydrogens (primary N) is 2. The fourth-order valence-corrected chi connectivity index (χ4v) is 5.11. The molecule has 2 amide bonds. The lowest BCUT2D eigenvalue weighted by Gasteiger charge is -2.33. The van der Waals surface area contributed by atoms with E-state index in [4.69, 9.17) is 32.5 Å². The van der Waals surface area contributed by atoms with Crippen molar-refractivity contribution in [3.8, 4) is 0 Å². The van der Waals surface area contributed by atoms with E-state index in [0.29, 0.717) is 0 Å². The number of carbonyl (C=O) groups excluding carboxylic acids is 2. The number of nitrogens with zero attached hydrogens (tertiary/aromatic N) is 2. The van der Waals surface area contributed by atoms with Crippen LogP contribution in [0.1, 0.15) is 33.1 Å². The third-order valence-corrected chi connectivity index (χ3v) is 6.92. The number of anilines is 2. The van der Waals surface area contributed by atoms with Crippen molar-refractivity contribution in [2.45, 2.75) is 42.9 Å². The lowest BCUT2D eigenvalue weighted by atomic mass is 9.87. The van der Waals surface area contributed by atoms with Gasteiger partial charge < -0.3 is 30.7 Å². The van der Waals surface area contributed by atoms with Crippen LogP contribution in [0.2, 0.25) is 5.02 Å². The number of benzene rings is 2. The molecule has 3 rings (SSSR count). The van der Waals surface area contributed by atoms with Gasteiger partial charge in [-0.25, -0.2) is 9.59 Å². The standard InChI is InChI=1S/C17H19ClN2S.C9H18N2O4/c1-19(2)10-5-11-20-14-6-3-4-7-16(14)21-17-9-8-13(18)12-15(17)20;1-3-4-9(2,5-14-7(10)12)6-15-8(11)13/h3-4,6-9,12H,5,10-11H2,1-2H3;3-6H2,1-2H3,(H2,10,12)(H2,11,13). The second-order valence-corrected chi connectivity index (χ2v) is 10.8. The molecule has 0 aromatic heterocycles. The van der Waals surface area contributed by atoms with Crippen LogP contribution in [0.25, 0.3) is 0 Å². The maximum atomic E-state index is 10.5. The van der Waals surface area contributed by atoms with Crippen LogP contribution in [0, 0.1) is 5.41 Å². The first-order valence-electron chi connectivity index (χ1n) is 11.9. The number of amides is 2. The molecule has 0 unspecified atom stereocenters. The summed E-state index contributed by atoms with van der Waals surface area (Å²) in [6.07, 6.45) is 1.07. The molecule has 8 nitrogen and oxygen atoms in total. The van der Waals surface area contributed by atoms with Crippen LogP contribution < -0.4 is 16.4 Å². The zero-order valence-electron chi connectivity index (χ0n) is 21.5. The lowest BCUT2D eigenvalue weighted by Crippen LogP contribution is -2.33. The fourth-order valence-electron chi connectivity index (χ4n) is 3.87. The number of hydrogen-bond acceptors (Lipinski definition) is 7. The molecule has 0 bridgehead atoms. The first kappa shape index (κ1) is 29.6. The summed E-state index contributed by atoms with van der Waals surface area (Å²) >= 11 is 8.03. The van der Waals surface area contributed by atoms with Gasteiger partial charge in [-0.15, -0.1) is 0 Å². The van der Waals surface area contributed by atoms with Crippen LogP contribution in [-0.2, 0) is 9.47 Å². The highest BCUT2D eigenvalue weighted by Crippen LogP contribution is 2.48. The summed E-state index contributed by atoms with van der Waals surface area (Å²) in [7, 11) is 4.23. The van der Waals surface area contributed by atoms with Crippen molar-refractivity contribution in [2.75, 3.05) is 45.3 Å². The molecule has 1 aliphatic heterocycles. The van der Waals surface area contributed by atoms with Crippen LogP contribution in [0.3, 0.4) is 0 Å². The van der Waals surface area contributed by atoms with Gasteiger partial charge in [0.1, 0.15) is 13.2 Å². The second-order valence-electron chi connectivity index (χ2n) is 9.27. The molecule has 0 aliphatic carbocycles. The Kier molecular flexibility index (Phi) is 11.7. The monoisotopic (exact) mass is 536 g/mol. The minimum absolute atomic E-state index is 0.115. The Hall–Kier alpha value is -2.62. The summed E-state index contributed by atoms with van der Waals surface area (Å²) in [5, 5.41) is 0.798. The first-order valence-corrected chi connectivity index (χ1v) is 13.1. The quantitative estimate of drug-likeness (QED) is 0.390. The summed E-state index contributed by atoms with van der Waals surface area (Å²) < 4.78 is 9.40. The summed E-state index contributed by atoms with van der Waals surface area (Å²) in [6, 6.07) is 14.8. The molecule has 198 valence electrons. The second kappa shape index (κ2) is 14.2. The van der Waals surface area contributed by atoms with Crippen molar-refractivity contribution in [2.24, 2.45) is 16.9 Å². The number of hydrogen-bond donors (Lipinski definition) is 2. The smallest absolute Gasteiger partial charge is 0.404 e. The van der Waals surface area contributed by atoms with E-state index in [0.717, 1.165) is 37.4 Å². The number of ether oxygens (including phenoxy) is 2. The number of halogens is 1. The number of fused-ring (bicyclic) bond motifs is 2. The van der Waals surface area contributed by atoms with Gasteiger partial charge in [-0.2, -0.15) is 0 Å². The van der Waals surface area contributed by atoms with Gasteiger partial charge in [0.25, 0.3) is 0 Å². The summed E-state index contributed by atoms with van der Waals surface area (Å²) in [4.78, 5) is 28.1. The Morgan fingerprint density at radius 1 is 1.03 bits per heavy atom. The van der Waals surface area contributed by atoms with Crippen LogP contribution in [0.4, 0.5) is 21.0 Å². The van der Waals surface area contributed by atoms with Gasteiger partial charge in [0.2, 0.25) is 0 Å². The van der Waals surface area contributed by atoms with Gasteiger partial charge in [-0.1, -0.05) is 55.8 Å². The van der Waals surface area contributed by atoms with Crippen molar-refractivity contribution < 1.29 is 19.1 Å². The Morgan fingerprint density at radius 3 is 2.22 bits per heavy atom. The van der Waals surface area contributed by atoms with E-state index < -0.39 is 17.6 Å². The molecular weight excluding hydrogens is 500 g/mol. The molecule has 0 saturated carbocycles. The Labute approximate surface area is 223 Å². The minimum Gasteiger partial charge on any atom is -0.449 e. The summed E-state index contributed by atoms with van der Waals surface area (Å²) in [6.45, 7) is 6.13. The maximum absolute atomic E-state index is 10.5. The summed E-state index contributed by atoms with van der Waals surface area (Å²) in [5.41, 5.74) is 11.8. The molecule has 0 fully saturated rings. The van der Waals surface area contributed by atoms with Crippen LogP contribution >= 0.6 is 23.4 Å². The fraction of sp³-hybridized carbons (Fsp3) is 0.462. The number of para-hydroxylation sites is 1. The van der Waals surface area contributed by atoms with Crippen LogP contribution in [0.15, 0.2) is 52.3 Å². The molecule has 2 aromatic rings. The van der Waals surface area contributed by atoms with Crippen molar-refractivity contribution in [1.82, 2.24) is 4.90 Å². The molecule has 0 radical (unpaired) electrons. The highest BCUT2D eigenvalue weighted by atomic mass is 35.5. The molecule has 1 aliphatic rings. The SMILES string of the molecule is CCCC(C)(COC(N)=O)COC(N)=O.CN(C)CCCN1c2ccccc2Sc2ccc(Cl)cc21. The molecular formula is C26H37ClN4O4S. The molecule has 4 N–H and O–H groups in total. The zero-order chi connectivity index (χ0) is 26.7. The Balaban J connectivity index is 0.000000271. The van der Waals surface area contributed by atoms with Gasteiger partial charge in [-0.3, -0.25) is 0 Å². The average molecular weight is 537 g/mol. The molecule has 0 saturated heterocycles. The van der Waals surface area contributed by atoms with Crippen molar-refractivity contribution >= 4 is 46.9 Å². The largest absolute Gasteiger partial charge is 0.449 e. The molecule has 0 spiro atoms. The molecule has 1 heterocycles. The van der Waals surface area contributed by atoms with Gasteiger partial charge in [0.15, 0.2) is 0 Å². The highest BCUT2D eigenvalue weighted by Gasteiger charge is 2.27. The highest BCUT2D eigenvalue weighted by molar-refractivity contribution is 7.99. The van der Waals surface area contributed by atoms with E-state index in [-0.39, 0.29) is 13.2 Å².